The molecule has 0 aliphatic heterocycles. The summed E-state index contributed by atoms with van der Waals surface area (Å²) in [4.78, 5) is 16.1. The van der Waals surface area contributed by atoms with E-state index < -0.39 is 0 Å². The third-order valence-corrected chi connectivity index (χ3v) is 2.44. The number of hydrogen-bond acceptors (Lipinski definition) is 8. The van der Waals surface area contributed by atoms with Crippen molar-refractivity contribution in [1.82, 2.24) is 29.7 Å². The van der Waals surface area contributed by atoms with Crippen LogP contribution in [0.2, 0.25) is 0 Å². The molecule has 108 valence electrons. The fourth-order valence-corrected chi connectivity index (χ4v) is 1.34. The molecular weight excluding hydrogens is 260 g/mol. The van der Waals surface area contributed by atoms with Gasteiger partial charge >= 0.3 is 6.01 Å². The third-order valence-electron chi connectivity index (χ3n) is 2.44. The summed E-state index contributed by atoms with van der Waals surface area (Å²) in [6, 6.07) is 0.197. The first-order valence-electron chi connectivity index (χ1n) is 6.18. The van der Waals surface area contributed by atoms with Crippen LogP contribution in [0.25, 0.3) is 5.95 Å². The number of rotatable bonds is 5. The number of hydrazine groups is 1. The van der Waals surface area contributed by atoms with E-state index in [2.05, 4.69) is 51.2 Å². The van der Waals surface area contributed by atoms with Crippen molar-refractivity contribution in [3.8, 4) is 12.0 Å². The van der Waals surface area contributed by atoms with Crippen molar-refractivity contribution in [2.24, 2.45) is 11.3 Å². The Labute approximate surface area is 116 Å². The number of nitrogens with two attached hydrogens (primary N) is 1. The number of nitrogen functional groups attached to an aromatic ring is 1. The van der Waals surface area contributed by atoms with Crippen LogP contribution in [0.5, 0.6) is 6.01 Å². The van der Waals surface area contributed by atoms with Crippen LogP contribution >= 0.6 is 0 Å². The number of nitrogens with one attached hydrogen (secondary N) is 1. The van der Waals surface area contributed by atoms with E-state index in [0.717, 1.165) is 6.42 Å². The molecule has 0 fully saturated rings. The molecule has 3 N–H and O–H groups in total. The maximum atomic E-state index is 5.54. The van der Waals surface area contributed by atoms with E-state index >= 15 is 0 Å². The average Bonchev–Trinajstić information content (AvgIpc) is 2.90. The largest absolute Gasteiger partial charge is 0.463 e. The quantitative estimate of drug-likeness (QED) is 0.601. The molecule has 0 spiro atoms. The highest BCUT2D eigenvalue weighted by atomic mass is 16.5. The van der Waals surface area contributed by atoms with Crippen LogP contribution in [0, 0.1) is 5.41 Å². The van der Waals surface area contributed by atoms with Gasteiger partial charge in [0.2, 0.25) is 5.95 Å². The Kier molecular flexibility index (Phi) is 4.08. The Hall–Kier alpha value is -2.29. The third kappa shape index (κ3) is 3.85. The minimum atomic E-state index is 0.177. The summed E-state index contributed by atoms with van der Waals surface area (Å²) < 4.78 is 6.95. The molecule has 20 heavy (non-hydrogen) atoms. The van der Waals surface area contributed by atoms with Gasteiger partial charge in [-0.25, -0.2) is 10.8 Å². The Morgan fingerprint density at radius 3 is 2.70 bits per heavy atom. The summed E-state index contributed by atoms with van der Waals surface area (Å²) in [5.41, 5.74) is 2.55. The Morgan fingerprint density at radius 1 is 1.30 bits per heavy atom. The van der Waals surface area contributed by atoms with Crippen molar-refractivity contribution < 1.29 is 4.74 Å². The van der Waals surface area contributed by atoms with Crippen LogP contribution in [0.15, 0.2) is 12.7 Å². The zero-order valence-electron chi connectivity index (χ0n) is 11.7. The summed E-state index contributed by atoms with van der Waals surface area (Å²) >= 11 is 0. The second-order valence-corrected chi connectivity index (χ2v) is 5.39. The number of ether oxygens (including phenoxy) is 1. The van der Waals surface area contributed by atoms with Gasteiger partial charge in [0.1, 0.15) is 12.7 Å². The van der Waals surface area contributed by atoms with Crippen LogP contribution in [0.1, 0.15) is 27.2 Å². The van der Waals surface area contributed by atoms with Crippen molar-refractivity contribution in [2.45, 2.75) is 27.2 Å². The molecule has 0 radical (unpaired) electrons. The van der Waals surface area contributed by atoms with Gasteiger partial charge in [0.05, 0.1) is 6.61 Å². The van der Waals surface area contributed by atoms with E-state index in [9.17, 15) is 0 Å². The molecule has 0 atom stereocenters. The Morgan fingerprint density at radius 2 is 2.10 bits per heavy atom. The molecule has 0 aromatic carbocycles. The van der Waals surface area contributed by atoms with Crippen molar-refractivity contribution in [3.63, 3.8) is 0 Å². The Balaban J connectivity index is 2.14. The van der Waals surface area contributed by atoms with Crippen molar-refractivity contribution in [2.75, 3.05) is 12.0 Å². The Bertz CT molecular complexity index is 548. The lowest BCUT2D eigenvalue weighted by atomic mass is 9.93. The van der Waals surface area contributed by atoms with Gasteiger partial charge in [-0.3, -0.25) is 5.43 Å². The fraction of sp³-hybridized carbons (Fsp3) is 0.545. The van der Waals surface area contributed by atoms with Gasteiger partial charge in [0.15, 0.2) is 0 Å². The molecule has 0 aliphatic carbocycles. The minimum absolute atomic E-state index is 0.177. The number of nitrogens with zero attached hydrogens (tertiary/aromatic N) is 6. The predicted octanol–water partition coefficient (Wildman–Crippen LogP) is 0.553. The van der Waals surface area contributed by atoms with Crippen LogP contribution in [0.4, 0.5) is 5.95 Å². The lowest BCUT2D eigenvalue weighted by Crippen LogP contribution is -2.16. The number of anilines is 1. The summed E-state index contributed by atoms with van der Waals surface area (Å²) in [5, 5.41) is 3.95. The van der Waals surface area contributed by atoms with Gasteiger partial charge in [0.25, 0.3) is 5.95 Å². The first kappa shape index (κ1) is 14.1. The fourth-order valence-electron chi connectivity index (χ4n) is 1.34. The summed E-state index contributed by atoms with van der Waals surface area (Å²) in [7, 11) is 0. The molecule has 2 rings (SSSR count). The van der Waals surface area contributed by atoms with Crippen molar-refractivity contribution in [1.29, 1.82) is 0 Å². The lowest BCUT2D eigenvalue weighted by Gasteiger charge is -2.17. The summed E-state index contributed by atoms with van der Waals surface area (Å²) in [5.74, 6) is 5.83. The topological polar surface area (TPSA) is 117 Å². The van der Waals surface area contributed by atoms with Crippen LogP contribution in [-0.4, -0.2) is 36.3 Å². The molecule has 0 aliphatic rings. The summed E-state index contributed by atoms with van der Waals surface area (Å²) in [6.07, 6.45) is 3.75. The zero-order chi connectivity index (χ0) is 14.6. The second-order valence-electron chi connectivity index (χ2n) is 5.39. The molecule has 2 aromatic heterocycles. The molecular formula is C11H18N8O. The standard InChI is InChI=1S/C11H18N8O/c1-11(2,3)4-5-20-10-16-8(18-12)15-9(17-10)19-7-13-6-14-19/h6-7H,4-5,12H2,1-3H3,(H,15,16,17,18). The molecule has 9 heteroatoms. The number of hydrogen-bond donors (Lipinski definition) is 2. The normalized spacial score (nSPS) is 11.4. The molecule has 0 saturated heterocycles. The first-order valence-corrected chi connectivity index (χ1v) is 6.18. The average molecular weight is 278 g/mol. The van der Waals surface area contributed by atoms with Crippen LogP contribution in [-0.2, 0) is 0 Å². The van der Waals surface area contributed by atoms with Gasteiger partial charge in [-0.2, -0.15) is 24.7 Å². The molecule has 0 unspecified atom stereocenters. The minimum Gasteiger partial charge on any atom is -0.463 e. The molecule has 2 aromatic rings. The van der Waals surface area contributed by atoms with E-state index in [1.54, 1.807) is 0 Å². The zero-order valence-corrected chi connectivity index (χ0v) is 11.7. The van der Waals surface area contributed by atoms with Gasteiger partial charge in [-0.05, 0) is 11.8 Å². The lowest BCUT2D eigenvalue weighted by molar-refractivity contribution is 0.228. The molecule has 0 amide bonds. The van der Waals surface area contributed by atoms with Gasteiger partial charge < -0.3 is 4.74 Å². The highest BCUT2D eigenvalue weighted by Crippen LogP contribution is 2.18. The van der Waals surface area contributed by atoms with E-state index in [1.807, 2.05) is 0 Å². The molecule has 0 bridgehead atoms. The van der Waals surface area contributed by atoms with Crippen molar-refractivity contribution in [3.05, 3.63) is 12.7 Å². The molecule has 9 nitrogen and oxygen atoms in total. The maximum absolute atomic E-state index is 5.54. The van der Waals surface area contributed by atoms with Gasteiger partial charge in [-0.1, -0.05) is 20.8 Å². The molecule has 0 saturated carbocycles. The van der Waals surface area contributed by atoms with Crippen LogP contribution in [0.3, 0.4) is 0 Å². The van der Waals surface area contributed by atoms with E-state index in [0.29, 0.717) is 6.61 Å². The second kappa shape index (κ2) is 5.78. The smallest absolute Gasteiger partial charge is 0.323 e. The van der Waals surface area contributed by atoms with E-state index in [4.69, 9.17) is 10.6 Å². The highest BCUT2D eigenvalue weighted by Gasteiger charge is 2.13. The highest BCUT2D eigenvalue weighted by molar-refractivity contribution is 5.27. The maximum Gasteiger partial charge on any atom is 0.323 e. The first-order chi connectivity index (χ1) is 9.48. The SMILES string of the molecule is CC(C)(C)CCOc1nc(NN)nc(-n2cncn2)n1. The van der Waals surface area contributed by atoms with E-state index in [-0.39, 0.29) is 23.3 Å². The van der Waals surface area contributed by atoms with Crippen LogP contribution < -0.4 is 16.0 Å². The number of aromatic nitrogens is 6. The monoisotopic (exact) mass is 278 g/mol. The summed E-state index contributed by atoms with van der Waals surface area (Å²) in [6.45, 7) is 6.92. The van der Waals surface area contributed by atoms with Crippen molar-refractivity contribution >= 4 is 5.95 Å². The predicted molar refractivity (Wildman–Crippen MR) is 72.1 cm³/mol. The van der Waals surface area contributed by atoms with Gasteiger partial charge in [0, 0.05) is 0 Å². The molecule has 2 heterocycles. The van der Waals surface area contributed by atoms with Gasteiger partial charge in [-0.15, -0.1) is 0 Å². The van der Waals surface area contributed by atoms with E-state index in [1.165, 1.54) is 17.3 Å².